The van der Waals surface area contributed by atoms with Crippen LogP contribution in [0.1, 0.15) is 12.7 Å². The normalized spacial score (nSPS) is 15.0. The second-order valence-electron chi connectivity index (χ2n) is 13.3. The van der Waals surface area contributed by atoms with Gasteiger partial charge in [-0.3, -0.25) is 4.57 Å². The Morgan fingerprint density at radius 1 is 0.529 bits per heavy atom. The van der Waals surface area contributed by atoms with Crippen molar-refractivity contribution in [1.82, 2.24) is 9.55 Å². The maximum absolute atomic E-state index is 15.8. The molecule has 0 radical (unpaired) electrons. The molecule has 4 heteroatoms. The SMILES string of the molecule is CCc1nc2cccc3c2n1-c1c(-c2cccc(-c4c5ccccc5c(-c5ccccc5)c5ccccc45)c2)cccc1P3(=O)c1ccccc1. The van der Waals surface area contributed by atoms with E-state index >= 15 is 4.57 Å². The molecule has 0 N–H and O–H groups in total. The lowest BCUT2D eigenvalue weighted by Gasteiger charge is -2.30. The molecule has 2 heterocycles. The molecule has 1 unspecified atom stereocenters. The van der Waals surface area contributed by atoms with Crippen molar-refractivity contribution in [3.8, 4) is 39.1 Å². The molecule has 0 aliphatic carbocycles. The third-order valence-electron chi connectivity index (χ3n) is 10.5. The van der Waals surface area contributed by atoms with Crippen molar-refractivity contribution in [1.29, 1.82) is 0 Å². The van der Waals surface area contributed by atoms with E-state index < -0.39 is 7.14 Å². The van der Waals surface area contributed by atoms with Crippen molar-refractivity contribution in [2.24, 2.45) is 0 Å². The molecule has 0 saturated heterocycles. The quantitative estimate of drug-likeness (QED) is 0.135. The minimum Gasteiger partial charge on any atom is -0.308 e. The second-order valence-corrected chi connectivity index (χ2v) is 16.0. The van der Waals surface area contributed by atoms with Crippen molar-refractivity contribution in [3.63, 3.8) is 0 Å². The first-order chi connectivity index (χ1) is 25.2. The number of rotatable bonds is 5. The van der Waals surface area contributed by atoms with Gasteiger partial charge in [0.25, 0.3) is 0 Å². The molecular weight excluding hydrogens is 640 g/mol. The first-order valence-corrected chi connectivity index (χ1v) is 19.3. The number of nitrogens with zero attached hydrogens (tertiary/aromatic N) is 2. The van der Waals surface area contributed by atoms with Gasteiger partial charge in [0.15, 0.2) is 7.14 Å². The summed E-state index contributed by atoms with van der Waals surface area (Å²) in [7, 11) is -3.24. The Kier molecular flexibility index (Phi) is 6.74. The summed E-state index contributed by atoms with van der Waals surface area (Å²) in [6.45, 7) is 2.15. The predicted octanol–water partition coefficient (Wildman–Crippen LogP) is 10.8. The minimum atomic E-state index is -3.24. The van der Waals surface area contributed by atoms with Crippen LogP contribution in [-0.4, -0.2) is 9.55 Å². The van der Waals surface area contributed by atoms with Crippen LogP contribution in [0.5, 0.6) is 0 Å². The zero-order chi connectivity index (χ0) is 34.1. The van der Waals surface area contributed by atoms with Crippen LogP contribution < -0.4 is 15.9 Å². The van der Waals surface area contributed by atoms with Crippen molar-refractivity contribution < 1.29 is 4.57 Å². The van der Waals surface area contributed by atoms with Gasteiger partial charge in [-0.2, -0.15) is 0 Å². The van der Waals surface area contributed by atoms with Crippen LogP contribution in [0.2, 0.25) is 0 Å². The Labute approximate surface area is 296 Å². The lowest BCUT2D eigenvalue weighted by atomic mass is 9.85. The molecule has 0 fully saturated rings. The Balaban J connectivity index is 1.27. The third kappa shape index (κ3) is 4.32. The van der Waals surface area contributed by atoms with Gasteiger partial charge in [0.1, 0.15) is 5.82 Å². The van der Waals surface area contributed by atoms with E-state index in [1.165, 1.54) is 38.2 Å². The number of benzene rings is 8. The number of para-hydroxylation sites is 2. The van der Waals surface area contributed by atoms with E-state index in [0.717, 1.165) is 61.6 Å². The number of aromatic nitrogens is 2. The lowest BCUT2D eigenvalue weighted by molar-refractivity contribution is 0.592. The van der Waals surface area contributed by atoms with Gasteiger partial charge in [0.2, 0.25) is 0 Å². The third-order valence-corrected chi connectivity index (χ3v) is 13.6. The summed E-state index contributed by atoms with van der Waals surface area (Å²) in [5, 5.41) is 7.44. The molecule has 1 aliphatic rings. The number of imidazole rings is 1. The average molecular weight is 673 g/mol. The minimum absolute atomic E-state index is 0.753. The molecule has 0 bridgehead atoms. The van der Waals surface area contributed by atoms with Crippen LogP contribution in [0, 0.1) is 0 Å². The van der Waals surface area contributed by atoms with Crippen molar-refractivity contribution >= 4 is 55.6 Å². The van der Waals surface area contributed by atoms with Gasteiger partial charge in [-0.25, -0.2) is 4.98 Å². The summed E-state index contributed by atoms with van der Waals surface area (Å²) in [5.41, 5.74) is 9.74. The maximum Gasteiger partial charge on any atom is 0.175 e. The Morgan fingerprint density at radius 3 is 1.73 bits per heavy atom. The van der Waals surface area contributed by atoms with Crippen LogP contribution in [0.3, 0.4) is 0 Å². The number of hydrogen-bond donors (Lipinski definition) is 0. The standard InChI is InChI=1S/C47H33N2OP/c1-2-43-48-40-27-15-29-42-47(40)49(43)46-35(26-14-28-41(46)51(42,50)34-20-7-4-8-21-34)32-18-13-19-33(30-32)45-38-24-11-9-22-36(38)44(31-16-5-3-6-17-31)37-23-10-12-25-39(37)45/h3-30H,2H2,1H3. The highest BCUT2D eigenvalue weighted by atomic mass is 31.2. The smallest absolute Gasteiger partial charge is 0.175 e. The van der Waals surface area contributed by atoms with Crippen molar-refractivity contribution in [2.75, 3.05) is 0 Å². The largest absolute Gasteiger partial charge is 0.308 e. The molecule has 9 aromatic rings. The molecule has 1 aromatic heterocycles. The molecule has 1 atom stereocenters. The van der Waals surface area contributed by atoms with E-state index in [1.807, 2.05) is 48.5 Å². The molecule has 242 valence electrons. The van der Waals surface area contributed by atoms with Crippen LogP contribution in [0.15, 0.2) is 170 Å². The zero-order valence-electron chi connectivity index (χ0n) is 28.1. The van der Waals surface area contributed by atoms with Crippen LogP contribution in [-0.2, 0) is 11.0 Å². The van der Waals surface area contributed by atoms with Crippen LogP contribution >= 0.6 is 7.14 Å². The molecule has 8 aromatic carbocycles. The fourth-order valence-corrected chi connectivity index (χ4v) is 11.4. The average Bonchev–Trinajstić information content (AvgIpc) is 3.58. The molecule has 51 heavy (non-hydrogen) atoms. The highest BCUT2D eigenvalue weighted by Crippen LogP contribution is 2.51. The second kappa shape index (κ2) is 11.5. The van der Waals surface area contributed by atoms with Crippen molar-refractivity contribution in [3.05, 3.63) is 176 Å². The topological polar surface area (TPSA) is 34.9 Å². The lowest BCUT2D eigenvalue weighted by Crippen LogP contribution is -2.33. The summed E-state index contributed by atoms with van der Waals surface area (Å²) in [6, 6.07) is 59.6. The molecule has 0 spiro atoms. The molecular formula is C47H33N2OP. The van der Waals surface area contributed by atoms with Gasteiger partial charge in [-0.15, -0.1) is 0 Å². The maximum atomic E-state index is 15.8. The van der Waals surface area contributed by atoms with E-state index in [2.05, 4.69) is 133 Å². The highest BCUT2D eigenvalue weighted by Gasteiger charge is 2.40. The van der Waals surface area contributed by atoms with Crippen LogP contribution in [0.4, 0.5) is 0 Å². The molecule has 1 aliphatic heterocycles. The van der Waals surface area contributed by atoms with Crippen LogP contribution in [0.25, 0.3) is 71.6 Å². The van der Waals surface area contributed by atoms with E-state index in [9.17, 15) is 0 Å². The Bertz CT molecular complexity index is 2820. The highest BCUT2D eigenvalue weighted by molar-refractivity contribution is 7.86. The van der Waals surface area contributed by atoms with Gasteiger partial charge >= 0.3 is 0 Å². The number of aryl methyl sites for hydroxylation is 1. The summed E-state index contributed by atoms with van der Waals surface area (Å²) < 4.78 is 18.1. The monoisotopic (exact) mass is 672 g/mol. The summed E-state index contributed by atoms with van der Waals surface area (Å²) >= 11 is 0. The van der Waals surface area contributed by atoms with Gasteiger partial charge in [0.05, 0.1) is 16.7 Å². The fraction of sp³-hybridized carbons (Fsp3) is 0.0426. The van der Waals surface area contributed by atoms with Gasteiger partial charge in [-0.05, 0) is 73.6 Å². The Morgan fingerprint density at radius 2 is 1.06 bits per heavy atom. The van der Waals surface area contributed by atoms with Crippen molar-refractivity contribution in [2.45, 2.75) is 13.3 Å². The molecule has 3 nitrogen and oxygen atoms in total. The van der Waals surface area contributed by atoms with E-state index in [1.54, 1.807) is 0 Å². The summed E-state index contributed by atoms with van der Waals surface area (Å²) in [4.78, 5) is 5.10. The summed E-state index contributed by atoms with van der Waals surface area (Å²) in [5.74, 6) is 0.968. The molecule has 0 amide bonds. The van der Waals surface area contributed by atoms with E-state index in [0.29, 0.717) is 0 Å². The molecule has 10 rings (SSSR count). The van der Waals surface area contributed by atoms with E-state index in [4.69, 9.17) is 4.98 Å². The van der Waals surface area contributed by atoms with Gasteiger partial charge in [0, 0.05) is 27.9 Å². The number of fused-ring (bicyclic) bond motifs is 4. The Hall–Kier alpha value is -6.02. The molecule has 0 saturated carbocycles. The predicted molar refractivity (Wildman–Crippen MR) is 215 cm³/mol. The zero-order valence-corrected chi connectivity index (χ0v) is 29.0. The summed E-state index contributed by atoms with van der Waals surface area (Å²) in [6.07, 6.45) is 0.753. The first-order valence-electron chi connectivity index (χ1n) is 17.6. The fourth-order valence-electron chi connectivity index (χ4n) is 8.39. The van der Waals surface area contributed by atoms with Gasteiger partial charge in [-0.1, -0.05) is 153 Å². The number of hydrogen-bond acceptors (Lipinski definition) is 2. The van der Waals surface area contributed by atoms with Gasteiger partial charge < -0.3 is 4.57 Å². The van der Waals surface area contributed by atoms with E-state index in [-0.39, 0.29) is 0 Å². The first kappa shape index (κ1) is 29.9.